The van der Waals surface area contributed by atoms with Crippen molar-refractivity contribution in [3.63, 3.8) is 0 Å². The highest BCUT2D eigenvalue weighted by atomic mass is 16.4. The van der Waals surface area contributed by atoms with Crippen LogP contribution in [0.5, 0.6) is 5.75 Å². The Morgan fingerprint density at radius 1 is 1.36 bits per heavy atom. The van der Waals surface area contributed by atoms with Crippen LogP contribution in [0.4, 0.5) is 0 Å². The first-order chi connectivity index (χ1) is 6.74. The van der Waals surface area contributed by atoms with E-state index in [9.17, 15) is 9.90 Å². The number of para-hydroxylation sites is 1. The average Bonchev–Trinajstić information content (AvgIpc) is 2.18. The third-order valence-corrected chi connectivity index (χ3v) is 2.02. The van der Waals surface area contributed by atoms with Crippen LogP contribution in [0, 0.1) is 0 Å². The van der Waals surface area contributed by atoms with E-state index in [1.54, 1.807) is 24.3 Å². The van der Waals surface area contributed by atoms with E-state index in [0.29, 0.717) is 11.0 Å². The second-order valence-corrected chi connectivity index (χ2v) is 2.85. The van der Waals surface area contributed by atoms with Gasteiger partial charge in [0.05, 0.1) is 5.39 Å². The fourth-order valence-electron chi connectivity index (χ4n) is 1.33. The van der Waals surface area contributed by atoms with Gasteiger partial charge in [-0.15, -0.1) is 0 Å². The molecule has 1 aromatic heterocycles. The SMILES string of the molecule is C=Cc1c(O)c2ccccc2oc1=O. The van der Waals surface area contributed by atoms with E-state index in [1.165, 1.54) is 6.08 Å². The molecular weight excluding hydrogens is 180 g/mol. The molecule has 0 amide bonds. The first kappa shape index (κ1) is 8.56. The van der Waals surface area contributed by atoms with Crippen molar-refractivity contribution in [2.75, 3.05) is 0 Å². The molecular formula is C11H8O3. The van der Waals surface area contributed by atoms with Crippen molar-refractivity contribution in [2.24, 2.45) is 0 Å². The van der Waals surface area contributed by atoms with Crippen molar-refractivity contribution in [1.29, 1.82) is 0 Å². The molecule has 1 heterocycles. The van der Waals surface area contributed by atoms with Gasteiger partial charge in [-0.05, 0) is 12.1 Å². The molecule has 14 heavy (non-hydrogen) atoms. The number of hydrogen-bond acceptors (Lipinski definition) is 3. The summed E-state index contributed by atoms with van der Waals surface area (Å²) in [4.78, 5) is 11.3. The number of rotatable bonds is 1. The van der Waals surface area contributed by atoms with Gasteiger partial charge in [-0.25, -0.2) is 4.79 Å². The van der Waals surface area contributed by atoms with Gasteiger partial charge >= 0.3 is 5.63 Å². The maximum absolute atomic E-state index is 11.3. The summed E-state index contributed by atoms with van der Waals surface area (Å²) in [5.74, 6) is -0.0770. The molecule has 0 unspecified atom stereocenters. The first-order valence-electron chi connectivity index (χ1n) is 4.11. The molecule has 3 heteroatoms. The largest absolute Gasteiger partial charge is 0.506 e. The summed E-state index contributed by atoms with van der Waals surface area (Å²) in [6.07, 6.45) is 1.29. The van der Waals surface area contributed by atoms with E-state index in [2.05, 4.69) is 6.58 Å². The van der Waals surface area contributed by atoms with E-state index in [-0.39, 0.29) is 11.3 Å². The fraction of sp³-hybridized carbons (Fsp3) is 0. The lowest BCUT2D eigenvalue weighted by Gasteiger charge is -2.01. The number of fused-ring (bicyclic) bond motifs is 1. The normalized spacial score (nSPS) is 10.3. The van der Waals surface area contributed by atoms with Gasteiger partial charge in [-0.2, -0.15) is 0 Å². The standard InChI is InChI=1S/C11H8O3/c1-2-7-10(12)8-5-3-4-6-9(8)14-11(7)13/h2-6,12H,1H2. The summed E-state index contributed by atoms with van der Waals surface area (Å²) in [6.45, 7) is 3.44. The maximum Gasteiger partial charge on any atom is 0.347 e. The summed E-state index contributed by atoms with van der Waals surface area (Å²) in [5, 5.41) is 10.2. The maximum atomic E-state index is 11.3. The summed E-state index contributed by atoms with van der Waals surface area (Å²) >= 11 is 0. The Hall–Kier alpha value is -2.03. The highest BCUT2D eigenvalue weighted by molar-refractivity contribution is 5.86. The van der Waals surface area contributed by atoms with Crippen molar-refractivity contribution in [3.8, 4) is 5.75 Å². The summed E-state index contributed by atoms with van der Waals surface area (Å²) in [6, 6.07) is 6.80. The van der Waals surface area contributed by atoms with Gasteiger partial charge in [-0.3, -0.25) is 0 Å². The zero-order valence-electron chi connectivity index (χ0n) is 7.36. The Morgan fingerprint density at radius 3 is 2.79 bits per heavy atom. The van der Waals surface area contributed by atoms with Crippen molar-refractivity contribution >= 4 is 17.0 Å². The molecule has 0 spiro atoms. The van der Waals surface area contributed by atoms with Gasteiger partial charge in [-0.1, -0.05) is 24.8 Å². The summed E-state index contributed by atoms with van der Waals surface area (Å²) in [7, 11) is 0. The second kappa shape index (κ2) is 3.03. The smallest absolute Gasteiger partial charge is 0.347 e. The first-order valence-corrected chi connectivity index (χ1v) is 4.11. The molecule has 0 atom stereocenters. The minimum Gasteiger partial charge on any atom is -0.506 e. The van der Waals surface area contributed by atoms with Gasteiger partial charge in [0.15, 0.2) is 0 Å². The Morgan fingerprint density at radius 2 is 2.07 bits per heavy atom. The van der Waals surface area contributed by atoms with Gasteiger partial charge < -0.3 is 9.52 Å². The van der Waals surface area contributed by atoms with Gasteiger partial charge in [0.25, 0.3) is 0 Å². The number of aromatic hydroxyl groups is 1. The Kier molecular flexibility index (Phi) is 1.85. The van der Waals surface area contributed by atoms with Crippen LogP contribution < -0.4 is 5.63 Å². The lowest BCUT2D eigenvalue weighted by Crippen LogP contribution is -2.02. The minimum absolute atomic E-state index is 0.0770. The van der Waals surface area contributed by atoms with E-state index in [4.69, 9.17) is 4.42 Å². The molecule has 0 fully saturated rings. The average molecular weight is 188 g/mol. The summed E-state index contributed by atoms with van der Waals surface area (Å²) in [5.41, 5.74) is -0.0968. The highest BCUT2D eigenvalue weighted by Crippen LogP contribution is 2.26. The highest BCUT2D eigenvalue weighted by Gasteiger charge is 2.09. The molecule has 0 saturated carbocycles. The molecule has 0 aliphatic rings. The summed E-state index contributed by atoms with van der Waals surface area (Å²) < 4.78 is 4.98. The third kappa shape index (κ3) is 1.10. The number of hydrogen-bond donors (Lipinski definition) is 1. The van der Waals surface area contributed by atoms with Crippen LogP contribution >= 0.6 is 0 Å². The monoisotopic (exact) mass is 188 g/mol. The molecule has 2 rings (SSSR count). The van der Waals surface area contributed by atoms with E-state index in [1.807, 2.05) is 0 Å². The molecule has 1 N–H and O–H groups in total. The minimum atomic E-state index is -0.573. The van der Waals surface area contributed by atoms with E-state index >= 15 is 0 Å². The predicted octanol–water partition coefficient (Wildman–Crippen LogP) is 2.14. The van der Waals surface area contributed by atoms with Crippen molar-refractivity contribution in [1.82, 2.24) is 0 Å². The van der Waals surface area contributed by atoms with E-state index < -0.39 is 5.63 Å². The molecule has 1 aromatic carbocycles. The van der Waals surface area contributed by atoms with Crippen molar-refractivity contribution in [3.05, 3.63) is 46.8 Å². The zero-order valence-corrected chi connectivity index (χ0v) is 7.36. The molecule has 70 valence electrons. The molecule has 0 aliphatic heterocycles. The van der Waals surface area contributed by atoms with Crippen LogP contribution in [-0.4, -0.2) is 5.11 Å². The van der Waals surface area contributed by atoms with Gasteiger partial charge in [0.1, 0.15) is 16.9 Å². The zero-order chi connectivity index (χ0) is 10.1. The molecule has 0 aliphatic carbocycles. The fourth-order valence-corrected chi connectivity index (χ4v) is 1.33. The Labute approximate surface area is 79.9 Å². The lowest BCUT2D eigenvalue weighted by molar-refractivity contribution is 0.466. The van der Waals surface area contributed by atoms with Gasteiger partial charge in [0, 0.05) is 0 Å². The molecule has 2 aromatic rings. The number of benzene rings is 1. The molecule has 0 radical (unpaired) electrons. The second-order valence-electron chi connectivity index (χ2n) is 2.85. The van der Waals surface area contributed by atoms with E-state index in [0.717, 1.165) is 0 Å². The third-order valence-electron chi connectivity index (χ3n) is 2.02. The van der Waals surface area contributed by atoms with Crippen molar-refractivity contribution in [2.45, 2.75) is 0 Å². The van der Waals surface area contributed by atoms with Crippen LogP contribution in [0.3, 0.4) is 0 Å². The quantitative estimate of drug-likeness (QED) is 0.697. The molecule has 0 bridgehead atoms. The predicted molar refractivity (Wildman–Crippen MR) is 54.2 cm³/mol. The van der Waals surface area contributed by atoms with Crippen LogP contribution in [0.2, 0.25) is 0 Å². The van der Waals surface area contributed by atoms with Crippen LogP contribution in [0.25, 0.3) is 17.0 Å². The lowest BCUT2D eigenvalue weighted by atomic mass is 10.1. The van der Waals surface area contributed by atoms with Crippen LogP contribution in [0.15, 0.2) is 40.1 Å². The topological polar surface area (TPSA) is 50.4 Å². The van der Waals surface area contributed by atoms with Crippen LogP contribution in [-0.2, 0) is 0 Å². The van der Waals surface area contributed by atoms with Crippen LogP contribution in [0.1, 0.15) is 5.56 Å². The Balaban J connectivity index is 3.00. The Bertz CT molecular complexity index is 552. The van der Waals surface area contributed by atoms with Gasteiger partial charge in [0.2, 0.25) is 0 Å². The molecule has 3 nitrogen and oxygen atoms in total. The van der Waals surface area contributed by atoms with Crippen molar-refractivity contribution < 1.29 is 9.52 Å². The molecule has 0 saturated heterocycles.